The highest BCUT2D eigenvalue weighted by molar-refractivity contribution is 5.59. The van der Waals surface area contributed by atoms with Gasteiger partial charge in [-0.1, -0.05) is 0 Å². The third-order valence-corrected chi connectivity index (χ3v) is 2.03. The molecule has 1 unspecified atom stereocenters. The molecule has 4 heteroatoms. The molecule has 4 nitrogen and oxygen atoms in total. The average Bonchev–Trinajstić information content (AvgIpc) is 2.25. The summed E-state index contributed by atoms with van der Waals surface area (Å²) in [6.45, 7) is 1.82. The second-order valence-corrected chi connectivity index (χ2v) is 2.76. The molecule has 0 radical (unpaired) electrons. The van der Waals surface area contributed by atoms with Gasteiger partial charge in [0.15, 0.2) is 0 Å². The van der Waals surface area contributed by atoms with Crippen LogP contribution in [0.1, 0.15) is 6.42 Å². The van der Waals surface area contributed by atoms with Crippen molar-refractivity contribution in [3.63, 3.8) is 0 Å². The first kappa shape index (κ1) is 6.82. The maximum Gasteiger partial charge on any atom is 0.132 e. The van der Waals surface area contributed by atoms with Gasteiger partial charge in [0.1, 0.15) is 6.29 Å². The molecule has 60 valence electrons. The predicted molar refractivity (Wildman–Crippen MR) is 43.9 cm³/mol. The second-order valence-electron chi connectivity index (χ2n) is 2.76. The van der Waals surface area contributed by atoms with Crippen LogP contribution in [0.2, 0.25) is 0 Å². The number of nitrogens with zero attached hydrogens (tertiary/aromatic N) is 2. The number of nitrogens with two attached hydrogens (primary N) is 1. The number of fused-ring (bicyclic) bond motifs is 1. The van der Waals surface area contributed by atoms with Crippen LogP contribution in [-0.2, 0) is 0 Å². The van der Waals surface area contributed by atoms with Gasteiger partial charge in [-0.25, -0.2) is 0 Å². The highest BCUT2D eigenvalue weighted by Gasteiger charge is 2.23. The Hall–Kier alpha value is -0.870. The first-order chi connectivity index (χ1) is 5.38. The Morgan fingerprint density at radius 1 is 1.73 bits per heavy atom. The predicted octanol–water partition coefficient (Wildman–Crippen LogP) is -0.550. The Balaban J connectivity index is 2.19. The summed E-state index contributed by atoms with van der Waals surface area (Å²) in [5, 5.41) is 3.15. The molecule has 3 N–H and O–H groups in total. The maximum absolute atomic E-state index is 5.78. The van der Waals surface area contributed by atoms with Gasteiger partial charge >= 0.3 is 0 Å². The SMILES string of the molecule is NC1NCC2=CN=CCCN21. The smallest absolute Gasteiger partial charge is 0.132 e. The lowest BCUT2D eigenvalue weighted by Crippen LogP contribution is -2.43. The fourth-order valence-electron chi connectivity index (χ4n) is 1.41. The molecule has 0 amide bonds. The molecule has 1 atom stereocenters. The summed E-state index contributed by atoms with van der Waals surface area (Å²) in [5.41, 5.74) is 6.98. The van der Waals surface area contributed by atoms with Gasteiger partial charge in [-0.2, -0.15) is 0 Å². The summed E-state index contributed by atoms with van der Waals surface area (Å²) in [6.07, 6.45) is 4.78. The van der Waals surface area contributed by atoms with Crippen molar-refractivity contribution >= 4 is 6.21 Å². The van der Waals surface area contributed by atoms with Crippen LogP contribution < -0.4 is 11.1 Å². The van der Waals surface area contributed by atoms with Crippen molar-refractivity contribution in [2.45, 2.75) is 12.7 Å². The minimum Gasteiger partial charge on any atom is -0.344 e. The fourth-order valence-corrected chi connectivity index (χ4v) is 1.41. The van der Waals surface area contributed by atoms with E-state index in [9.17, 15) is 0 Å². The number of rotatable bonds is 0. The molecule has 1 fully saturated rings. The molecule has 0 aromatic carbocycles. The number of aliphatic imine (C=N–C) groups is 1. The zero-order valence-electron chi connectivity index (χ0n) is 6.33. The first-order valence-electron chi connectivity index (χ1n) is 3.84. The van der Waals surface area contributed by atoms with E-state index in [-0.39, 0.29) is 6.29 Å². The van der Waals surface area contributed by atoms with Crippen LogP contribution >= 0.6 is 0 Å². The van der Waals surface area contributed by atoms with Crippen LogP contribution in [0.25, 0.3) is 0 Å². The maximum atomic E-state index is 5.78. The van der Waals surface area contributed by atoms with Gasteiger partial charge in [-0.05, 0) is 0 Å². The van der Waals surface area contributed by atoms with E-state index in [2.05, 4.69) is 15.2 Å². The van der Waals surface area contributed by atoms with Crippen molar-refractivity contribution in [3.05, 3.63) is 11.9 Å². The van der Waals surface area contributed by atoms with Crippen LogP contribution in [0.4, 0.5) is 0 Å². The lowest BCUT2D eigenvalue weighted by Gasteiger charge is -2.21. The van der Waals surface area contributed by atoms with E-state index in [1.165, 1.54) is 5.70 Å². The van der Waals surface area contributed by atoms with E-state index < -0.39 is 0 Å². The molecule has 11 heavy (non-hydrogen) atoms. The molecule has 2 rings (SSSR count). The summed E-state index contributed by atoms with van der Waals surface area (Å²) in [4.78, 5) is 6.27. The van der Waals surface area contributed by atoms with E-state index in [1.54, 1.807) is 0 Å². The molecule has 0 spiro atoms. The minimum absolute atomic E-state index is 0.0112. The van der Waals surface area contributed by atoms with Crippen LogP contribution in [0.3, 0.4) is 0 Å². The third-order valence-electron chi connectivity index (χ3n) is 2.03. The normalized spacial score (nSPS) is 29.7. The van der Waals surface area contributed by atoms with Crippen molar-refractivity contribution in [3.8, 4) is 0 Å². The van der Waals surface area contributed by atoms with E-state index in [0.717, 1.165) is 19.5 Å². The van der Waals surface area contributed by atoms with Gasteiger partial charge in [0, 0.05) is 37.6 Å². The van der Waals surface area contributed by atoms with E-state index in [4.69, 9.17) is 5.73 Å². The van der Waals surface area contributed by atoms with E-state index >= 15 is 0 Å². The quantitative estimate of drug-likeness (QED) is 0.489. The van der Waals surface area contributed by atoms with Crippen LogP contribution in [0.15, 0.2) is 16.9 Å². The fraction of sp³-hybridized carbons (Fsp3) is 0.571. The minimum atomic E-state index is -0.0112. The van der Waals surface area contributed by atoms with Gasteiger partial charge in [-0.15, -0.1) is 0 Å². The Morgan fingerprint density at radius 2 is 2.64 bits per heavy atom. The van der Waals surface area contributed by atoms with Crippen LogP contribution in [0.5, 0.6) is 0 Å². The molecule has 0 saturated carbocycles. The topological polar surface area (TPSA) is 53.6 Å². The lowest BCUT2D eigenvalue weighted by molar-refractivity contribution is 0.290. The van der Waals surface area contributed by atoms with E-state index in [0.29, 0.717) is 0 Å². The molecule has 0 aliphatic carbocycles. The molecule has 0 bridgehead atoms. The molecular formula is C7H12N4. The first-order valence-corrected chi connectivity index (χ1v) is 3.84. The number of hydrogen-bond donors (Lipinski definition) is 2. The van der Waals surface area contributed by atoms with Crippen LogP contribution in [-0.4, -0.2) is 30.5 Å². The van der Waals surface area contributed by atoms with Crippen molar-refractivity contribution in [1.29, 1.82) is 0 Å². The summed E-state index contributed by atoms with van der Waals surface area (Å²) in [6, 6.07) is 0. The Kier molecular flexibility index (Phi) is 1.63. The van der Waals surface area contributed by atoms with Crippen molar-refractivity contribution in [1.82, 2.24) is 10.2 Å². The molecular weight excluding hydrogens is 140 g/mol. The Morgan fingerprint density at radius 3 is 3.55 bits per heavy atom. The van der Waals surface area contributed by atoms with Gasteiger partial charge in [0.2, 0.25) is 0 Å². The summed E-state index contributed by atoms with van der Waals surface area (Å²) >= 11 is 0. The van der Waals surface area contributed by atoms with Crippen molar-refractivity contribution in [2.75, 3.05) is 13.1 Å². The molecule has 0 aromatic rings. The number of hydrogen-bond acceptors (Lipinski definition) is 4. The van der Waals surface area contributed by atoms with Crippen molar-refractivity contribution in [2.24, 2.45) is 10.7 Å². The average molecular weight is 152 g/mol. The zero-order valence-corrected chi connectivity index (χ0v) is 6.33. The summed E-state index contributed by atoms with van der Waals surface area (Å²) in [7, 11) is 0. The number of nitrogens with one attached hydrogen (secondary N) is 1. The Bertz CT molecular complexity index is 208. The van der Waals surface area contributed by atoms with E-state index in [1.807, 2.05) is 12.4 Å². The zero-order chi connectivity index (χ0) is 7.68. The molecule has 2 aliphatic rings. The monoisotopic (exact) mass is 152 g/mol. The highest BCUT2D eigenvalue weighted by Crippen LogP contribution is 2.13. The van der Waals surface area contributed by atoms with Gasteiger partial charge in [0.05, 0.1) is 0 Å². The highest BCUT2D eigenvalue weighted by atomic mass is 15.4. The van der Waals surface area contributed by atoms with Gasteiger partial charge < -0.3 is 4.90 Å². The lowest BCUT2D eigenvalue weighted by atomic mass is 10.4. The molecule has 2 heterocycles. The molecule has 0 aromatic heterocycles. The summed E-state index contributed by atoms with van der Waals surface area (Å²) < 4.78 is 0. The molecule has 2 aliphatic heterocycles. The van der Waals surface area contributed by atoms with Crippen molar-refractivity contribution < 1.29 is 0 Å². The largest absolute Gasteiger partial charge is 0.344 e. The van der Waals surface area contributed by atoms with Gasteiger partial charge in [0.25, 0.3) is 0 Å². The Labute approximate surface area is 65.8 Å². The van der Waals surface area contributed by atoms with Gasteiger partial charge in [-0.3, -0.25) is 16.0 Å². The third kappa shape index (κ3) is 1.15. The van der Waals surface area contributed by atoms with Crippen LogP contribution in [0, 0.1) is 0 Å². The summed E-state index contributed by atoms with van der Waals surface area (Å²) in [5.74, 6) is 0. The standard InChI is InChI=1S/C7H12N4/c8-7-10-5-6-4-9-2-1-3-11(6)7/h2,4,7,10H,1,3,5,8H2. The second kappa shape index (κ2) is 2.64. The molecule has 1 saturated heterocycles.